The molecule has 3 aromatic rings. The molecule has 3 aliphatic heterocycles. The maximum Gasteiger partial charge on any atom is 0.416 e. The number of fused-ring (bicyclic) bond motifs is 4. The number of amides is 4. The summed E-state index contributed by atoms with van der Waals surface area (Å²) in [6, 6.07) is 17.9. The highest BCUT2D eigenvalue weighted by molar-refractivity contribution is 6.30. The standard InChI is InChI=1S/C30H26F3N3O4/c1-40-23-10-8-22(9-11-23)36-27(38)29(26(37)34-28(36)39)17-20-15-21(30(31,32)33)7-12-24(20)35-14-13-19(16-25(29)35)18-5-3-2-4-6-18/h2-12,15,19,25H,13-14,16-17H2,1H3,(H,34,37,39)/t19-,25+,29+/m0/s1. The Morgan fingerprint density at radius 1 is 0.975 bits per heavy atom. The highest BCUT2D eigenvalue weighted by atomic mass is 19.4. The van der Waals surface area contributed by atoms with Gasteiger partial charge in [0, 0.05) is 12.2 Å². The first-order chi connectivity index (χ1) is 19.1. The van der Waals surface area contributed by atoms with Crippen molar-refractivity contribution in [1.29, 1.82) is 0 Å². The monoisotopic (exact) mass is 549 g/mol. The third-order valence-electron chi connectivity index (χ3n) is 8.37. The molecule has 40 heavy (non-hydrogen) atoms. The van der Waals surface area contributed by atoms with Gasteiger partial charge in [0.25, 0.3) is 5.91 Å². The number of hydrogen-bond donors (Lipinski definition) is 1. The number of nitrogens with zero attached hydrogens (tertiary/aromatic N) is 2. The maximum atomic E-state index is 14.4. The molecule has 0 aromatic heterocycles. The fourth-order valence-corrected chi connectivity index (χ4v) is 6.42. The van der Waals surface area contributed by atoms with Crippen LogP contribution in [-0.2, 0) is 22.2 Å². The molecule has 1 N–H and O–H groups in total. The summed E-state index contributed by atoms with van der Waals surface area (Å²) in [5, 5.41) is 2.36. The van der Waals surface area contributed by atoms with Crippen LogP contribution >= 0.6 is 0 Å². The van der Waals surface area contributed by atoms with E-state index >= 15 is 0 Å². The molecule has 3 aromatic carbocycles. The van der Waals surface area contributed by atoms with Gasteiger partial charge in [-0.1, -0.05) is 30.3 Å². The Kier molecular flexibility index (Phi) is 6.08. The van der Waals surface area contributed by atoms with E-state index in [1.807, 2.05) is 35.2 Å². The largest absolute Gasteiger partial charge is 0.497 e. The van der Waals surface area contributed by atoms with E-state index in [-0.39, 0.29) is 23.6 Å². The van der Waals surface area contributed by atoms with E-state index in [0.717, 1.165) is 22.6 Å². The van der Waals surface area contributed by atoms with Crippen LogP contribution in [0.4, 0.5) is 29.3 Å². The lowest BCUT2D eigenvalue weighted by Crippen LogP contribution is -2.73. The van der Waals surface area contributed by atoms with Crippen LogP contribution in [0.25, 0.3) is 0 Å². The van der Waals surface area contributed by atoms with E-state index in [4.69, 9.17) is 4.74 Å². The molecule has 0 aliphatic carbocycles. The first-order valence-corrected chi connectivity index (χ1v) is 13.0. The predicted molar refractivity (Wildman–Crippen MR) is 141 cm³/mol. The third kappa shape index (κ3) is 4.01. The Morgan fingerprint density at radius 3 is 2.38 bits per heavy atom. The number of imide groups is 2. The second-order valence-electron chi connectivity index (χ2n) is 10.4. The van der Waals surface area contributed by atoms with Gasteiger partial charge in [0.05, 0.1) is 24.4 Å². The normalized spacial score (nSPS) is 24.4. The van der Waals surface area contributed by atoms with Gasteiger partial charge < -0.3 is 9.64 Å². The van der Waals surface area contributed by atoms with Crippen molar-refractivity contribution in [2.24, 2.45) is 5.41 Å². The zero-order chi connectivity index (χ0) is 28.2. The average molecular weight is 550 g/mol. The van der Waals surface area contributed by atoms with E-state index in [0.29, 0.717) is 30.8 Å². The lowest BCUT2D eigenvalue weighted by atomic mass is 9.64. The molecule has 2 saturated heterocycles. The van der Waals surface area contributed by atoms with Crippen molar-refractivity contribution in [2.45, 2.75) is 37.4 Å². The minimum Gasteiger partial charge on any atom is -0.497 e. The summed E-state index contributed by atoms with van der Waals surface area (Å²) < 4.78 is 46.3. The van der Waals surface area contributed by atoms with Gasteiger partial charge in [0.1, 0.15) is 5.75 Å². The molecule has 0 bridgehead atoms. The molecular formula is C30H26F3N3O4. The Labute approximate surface area is 228 Å². The number of anilines is 2. The van der Waals surface area contributed by atoms with Crippen molar-refractivity contribution >= 4 is 29.2 Å². The summed E-state index contributed by atoms with van der Waals surface area (Å²) in [4.78, 5) is 44.1. The molecule has 3 aliphatic rings. The fourth-order valence-electron chi connectivity index (χ4n) is 6.42. The van der Waals surface area contributed by atoms with E-state index in [1.54, 1.807) is 12.1 Å². The lowest BCUT2D eigenvalue weighted by molar-refractivity contribution is -0.145. The molecule has 3 heterocycles. The summed E-state index contributed by atoms with van der Waals surface area (Å²) >= 11 is 0. The molecule has 0 unspecified atom stereocenters. The summed E-state index contributed by atoms with van der Waals surface area (Å²) in [6.45, 7) is 0.432. The zero-order valence-electron chi connectivity index (χ0n) is 21.6. The van der Waals surface area contributed by atoms with Crippen molar-refractivity contribution in [3.63, 3.8) is 0 Å². The second-order valence-corrected chi connectivity index (χ2v) is 10.4. The van der Waals surface area contributed by atoms with Crippen LogP contribution in [0.2, 0.25) is 0 Å². The first kappa shape index (κ1) is 25.9. The van der Waals surface area contributed by atoms with Gasteiger partial charge in [-0.2, -0.15) is 13.2 Å². The molecule has 4 amide bonds. The molecule has 10 heteroatoms. The lowest BCUT2D eigenvalue weighted by Gasteiger charge is -2.55. The number of barbiturate groups is 1. The number of nitrogens with one attached hydrogen (secondary N) is 1. The van der Waals surface area contributed by atoms with Gasteiger partial charge in [-0.25, -0.2) is 9.69 Å². The fraction of sp³-hybridized carbons (Fsp3) is 0.300. The van der Waals surface area contributed by atoms with E-state index in [1.165, 1.54) is 25.3 Å². The topological polar surface area (TPSA) is 79.0 Å². The van der Waals surface area contributed by atoms with Crippen molar-refractivity contribution in [3.05, 3.63) is 89.5 Å². The van der Waals surface area contributed by atoms with Crippen LogP contribution in [-0.4, -0.2) is 37.5 Å². The number of ether oxygens (including phenoxy) is 1. The van der Waals surface area contributed by atoms with Crippen molar-refractivity contribution in [2.75, 3.05) is 23.5 Å². The Balaban J connectivity index is 1.49. The van der Waals surface area contributed by atoms with Crippen LogP contribution in [0, 0.1) is 5.41 Å². The van der Waals surface area contributed by atoms with Gasteiger partial charge in [0.15, 0.2) is 5.41 Å². The van der Waals surface area contributed by atoms with E-state index < -0.39 is 41.0 Å². The van der Waals surface area contributed by atoms with Crippen LogP contribution in [0.5, 0.6) is 5.75 Å². The molecule has 3 atom stereocenters. The first-order valence-electron chi connectivity index (χ1n) is 13.0. The molecule has 0 saturated carbocycles. The number of methoxy groups -OCH3 is 1. The number of halogens is 3. The minimum absolute atomic E-state index is 0.0167. The summed E-state index contributed by atoms with van der Waals surface area (Å²) in [6.07, 6.45) is -3.76. The summed E-state index contributed by atoms with van der Waals surface area (Å²) in [5.41, 5.74) is -0.571. The number of carbonyl (C=O) groups is 3. The number of urea groups is 1. The highest BCUT2D eigenvalue weighted by Crippen LogP contribution is 2.51. The molecule has 0 radical (unpaired) electrons. The maximum absolute atomic E-state index is 14.4. The minimum atomic E-state index is -4.59. The number of benzene rings is 3. The molecule has 7 nitrogen and oxygen atoms in total. The van der Waals surface area contributed by atoms with Gasteiger partial charge in [-0.15, -0.1) is 0 Å². The van der Waals surface area contributed by atoms with Crippen molar-refractivity contribution in [1.82, 2.24) is 5.32 Å². The average Bonchev–Trinajstić information content (AvgIpc) is 2.95. The van der Waals surface area contributed by atoms with Crippen LogP contribution < -0.4 is 19.9 Å². The van der Waals surface area contributed by atoms with E-state index in [2.05, 4.69) is 5.32 Å². The third-order valence-corrected chi connectivity index (χ3v) is 8.37. The number of alkyl halides is 3. The number of carbonyl (C=O) groups excluding carboxylic acids is 3. The molecule has 206 valence electrons. The van der Waals surface area contributed by atoms with Crippen molar-refractivity contribution in [3.8, 4) is 5.75 Å². The number of rotatable bonds is 3. The van der Waals surface area contributed by atoms with Crippen LogP contribution in [0.1, 0.15) is 35.4 Å². The van der Waals surface area contributed by atoms with Gasteiger partial charge in [-0.05, 0) is 78.8 Å². The summed E-state index contributed by atoms with van der Waals surface area (Å²) in [7, 11) is 1.48. The number of piperidine rings is 1. The van der Waals surface area contributed by atoms with Gasteiger partial charge in [0.2, 0.25) is 5.91 Å². The predicted octanol–water partition coefficient (Wildman–Crippen LogP) is 5.29. The van der Waals surface area contributed by atoms with E-state index in [9.17, 15) is 27.6 Å². The molecular weight excluding hydrogens is 523 g/mol. The highest BCUT2D eigenvalue weighted by Gasteiger charge is 2.63. The molecule has 2 fully saturated rings. The SMILES string of the molecule is COc1ccc(N2C(=O)NC(=O)[C@]3(Cc4cc(C(F)(F)F)ccc4N4CC[C@H](c5ccccc5)C[C@@H]43)C2=O)cc1. The Hall–Kier alpha value is -4.34. The quantitative estimate of drug-likeness (QED) is 0.449. The number of hydrogen-bond acceptors (Lipinski definition) is 5. The second kappa shape index (κ2) is 9.39. The van der Waals surface area contributed by atoms with Crippen LogP contribution in [0.3, 0.4) is 0 Å². The van der Waals surface area contributed by atoms with Crippen molar-refractivity contribution < 1.29 is 32.3 Å². The van der Waals surface area contributed by atoms with Gasteiger partial charge >= 0.3 is 12.2 Å². The molecule has 1 spiro atoms. The Morgan fingerprint density at radius 2 is 1.70 bits per heavy atom. The van der Waals surface area contributed by atoms with Crippen LogP contribution in [0.15, 0.2) is 72.8 Å². The Bertz CT molecular complexity index is 1490. The smallest absolute Gasteiger partial charge is 0.416 e. The molecule has 6 rings (SSSR count). The zero-order valence-corrected chi connectivity index (χ0v) is 21.6. The van der Waals surface area contributed by atoms with Gasteiger partial charge in [-0.3, -0.25) is 14.9 Å². The summed E-state index contributed by atoms with van der Waals surface area (Å²) in [5.74, 6) is -1.02.